The van der Waals surface area contributed by atoms with Gasteiger partial charge in [-0.15, -0.1) is 0 Å². The van der Waals surface area contributed by atoms with Crippen molar-refractivity contribution < 1.29 is 18.0 Å². The number of sulfonamides is 1. The number of amidine groups is 1. The second-order valence-electron chi connectivity index (χ2n) is 8.69. The van der Waals surface area contributed by atoms with Crippen LogP contribution in [0.3, 0.4) is 0 Å². The molecule has 3 aromatic carbocycles. The van der Waals surface area contributed by atoms with Crippen LogP contribution in [-0.4, -0.2) is 50.6 Å². The number of amides is 2. The van der Waals surface area contributed by atoms with E-state index in [-0.39, 0.29) is 31.1 Å². The van der Waals surface area contributed by atoms with Gasteiger partial charge in [0, 0.05) is 19.2 Å². The standard InChI is InChI=1S/C27H31N5O4S/c1-32(18-25(33)30-17-21-12-14-23(15-13-21)26(28)29)27(34)24(16-20-8-4-2-5-9-20)31-37(35,36)19-22-10-6-3-7-11-22/h2-15,24,31H,16-19H2,1H3,(H3,28,29)(H,30,33)/t24-/m1/s1. The van der Waals surface area contributed by atoms with E-state index in [1.54, 1.807) is 54.6 Å². The SMILES string of the molecule is CN(CC(=O)NCc1ccc(C(=N)N)cc1)C(=O)[C@@H](Cc1ccccc1)NS(=O)(=O)Cc1ccccc1. The smallest absolute Gasteiger partial charge is 0.241 e. The van der Waals surface area contributed by atoms with Crippen LogP contribution in [0, 0.1) is 5.41 Å². The molecule has 0 heterocycles. The number of carbonyl (C=O) groups is 2. The molecular formula is C27H31N5O4S. The zero-order valence-corrected chi connectivity index (χ0v) is 21.4. The fraction of sp³-hybridized carbons (Fsp3) is 0.222. The van der Waals surface area contributed by atoms with Crippen molar-refractivity contribution in [2.24, 2.45) is 5.73 Å². The monoisotopic (exact) mass is 521 g/mol. The van der Waals surface area contributed by atoms with Gasteiger partial charge in [-0.3, -0.25) is 15.0 Å². The first-order valence-electron chi connectivity index (χ1n) is 11.7. The zero-order chi connectivity index (χ0) is 26.8. The molecule has 0 aliphatic rings. The molecule has 3 aromatic rings. The predicted octanol–water partition coefficient (Wildman–Crippen LogP) is 1.78. The minimum absolute atomic E-state index is 0.0415. The Balaban J connectivity index is 1.64. The van der Waals surface area contributed by atoms with E-state index in [0.29, 0.717) is 11.1 Å². The van der Waals surface area contributed by atoms with Gasteiger partial charge < -0.3 is 16.0 Å². The molecule has 2 amide bonds. The summed E-state index contributed by atoms with van der Waals surface area (Å²) in [5.41, 5.74) is 8.23. The molecule has 9 nitrogen and oxygen atoms in total. The maximum Gasteiger partial charge on any atom is 0.241 e. The molecule has 0 radical (unpaired) electrons. The molecule has 0 spiro atoms. The van der Waals surface area contributed by atoms with Crippen molar-refractivity contribution in [2.75, 3.05) is 13.6 Å². The normalized spacial score (nSPS) is 11.9. The Morgan fingerprint density at radius 1 is 0.892 bits per heavy atom. The highest BCUT2D eigenvalue weighted by molar-refractivity contribution is 7.88. The molecule has 0 aromatic heterocycles. The number of nitrogen functional groups attached to an aromatic ring is 1. The van der Waals surface area contributed by atoms with Crippen LogP contribution >= 0.6 is 0 Å². The van der Waals surface area contributed by atoms with E-state index in [0.717, 1.165) is 11.1 Å². The molecule has 0 bridgehead atoms. The van der Waals surface area contributed by atoms with Crippen molar-refractivity contribution in [3.05, 3.63) is 107 Å². The van der Waals surface area contributed by atoms with Gasteiger partial charge in [-0.25, -0.2) is 13.1 Å². The summed E-state index contributed by atoms with van der Waals surface area (Å²) in [6.45, 7) is -0.00768. The molecule has 0 saturated carbocycles. The fourth-order valence-electron chi connectivity index (χ4n) is 3.70. The molecular weight excluding hydrogens is 490 g/mol. The maximum atomic E-state index is 13.3. The van der Waals surface area contributed by atoms with Crippen LogP contribution in [0.4, 0.5) is 0 Å². The summed E-state index contributed by atoms with van der Waals surface area (Å²) in [4.78, 5) is 27.0. The van der Waals surface area contributed by atoms with Gasteiger partial charge in [0.1, 0.15) is 11.9 Å². The molecule has 37 heavy (non-hydrogen) atoms. The lowest BCUT2D eigenvalue weighted by atomic mass is 10.1. The number of nitrogens with two attached hydrogens (primary N) is 1. The lowest BCUT2D eigenvalue weighted by Gasteiger charge is -2.24. The summed E-state index contributed by atoms with van der Waals surface area (Å²) in [6, 6.07) is 23.6. The van der Waals surface area contributed by atoms with Gasteiger partial charge in [-0.05, 0) is 23.1 Å². The van der Waals surface area contributed by atoms with Crippen LogP contribution in [0.25, 0.3) is 0 Å². The van der Waals surface area contributed by atoms with Crippen molar-refractivity contribution >= 4 is 27.7 Å². The summed E-state index contributed by atoms with van der Waals surface area (Å²) >= 11 is 0. The average molecular weight is 522 g/mol. The summed E-state index contributed by atoms with van der Waals surface area (Å²) in [7, 11) is -2.37. The Hall–Kier alpha value is -4.02. The van der Waals surface area contributed by atoms with E-state index in [9.17, 15) is 18.0 Å². The largest absolute Gasteiger partial charge is 0.384 e. The molecule has 3 rings (SSSR count). The first kappa shape index (κ1) is 27.6. The summed E-state index contributed by atoms with van der Waals surface area (Å²) in [5, 5.41) is 10.2. The van der Waals surface area contributed by atoms with Crippen molar-refractivity contribution in [1.82, 2.24) is 14.9 Å². The number of rotatable bonds is 12. The van der Waals surface area contributed by atoms with Crippen LogP contribution in [0.5, 0.6) is 0 Å². The van der Waals surface area contributed by atoms with Gasteiger partial charge in [0.05, 0.1) is 12.3 Å². The van der Waals surface area contributed by atoms with Crippen LogP contribution < -0.4 is 15.8 Å². The van der Waals surface area contributed by atoms with E-state index in [1.165, 1.54) is 11.9 Å². The Bertz CT molecular complexity index is 1310. The third-order valence-corrected chi connectivity index (χ3v) is 6.97. The molecule has 0 aliphatic carbocycles. The molecule has 0 aliphatic heterocycles. The van der Waals surface area contributed by atoms with Crippen molar-refractivity contribution in [2.45, 2.75) is 24.8 Å². The second-order valence-corrected chi connectivity index (χ2v) is 10.4. The maximum absolute atomic E-state index is 13.3. The lowest BCUT2D eigenvalue weighted by Crippen LogP contribution is -2.50. The van der Waals surface area contributed by atoms with Crippen LogP contribution in [0.2, 0.25) is 0 Å². The molecule has 1 atom stereocenters. The highest BCUT2D eigenvalue weighted by Crippen LogP contribution is 2.10. The topological polar surface area (TPSA) is 145 Å². The van der Waals surface area contributed by atoms with Crippen molar-refractivity contribution in [3.63, 3.8) is 0 Å². The molecule has 0 saturated heterocycles. The highest BCUT2D eigenvalue weighted by atomic mass is 32.2. The average Bonchev–Trinajstić information content (AvgIpc) is 2.87. The summed E-state index contributed by atoms with van der Waals surface area (Å²) < 4.78 is 28.3. The number of nitrogens with one attached hydrogen (secondary N) is 3. The molecule has 0 unspecified atom stereocenters. The van der Waals surface area contributed by atoms with Crippen LogP contribution in [0.15, 0.2) is 84.9 Å². The highest BCUT2D eigenvalue weighted by Gasteiger charge is 2.28. The molecule has 194 valence electrons. The first-order chi connectivity index (χ1) is 17.6. The number of benzene rings is 3. The van der Waals surface area contributed by atoms with Gasteiger partial charge in [0.25, 0.3) is 0 Å². The van der Waals surface area contributed by atoms with Crippen LogP contribution in [-0.2, 0) is 38.3 Å². The van der Waals surface area contributed by atoms with E-state index in [1.807, 2.05) is 30.3 Å². The third kappa shape index (κ3) is 8.85. The number of likely N-dealkylation sites (N-methyl/N-ethyl adjacent to an activating group) is 1. The van der Waals surface area contributed by atoms with Gasteiger partial charge in [-0.1, -0.05) is 84.9 Å². The Kier molecular flexibility index (Phi) is 9.53. The summed E-state index contributed by atoms with van der Waals surface area (Å²) in [5.74, 6) is -1.21. The van der Waals surface area contributed by atoms with Gasteiger partial charge in [-0.2, -0.15) is 0 Å². The molecule has 0 fully saturated rings. The van der Waals surface area contributed by atoms with Gasteiger partial charge in [0.15, 0.2) is 0 Å². The van der Waals surface area contributed by atoms with Crippen molar-refractivity contribution in [3.8, 4) is 0 Å². The van der Waals surface area contributed by atoms with Crippen LogP contribution in [0.1, 0.15) is 22.3 Å². The molecule has 5 N–H and O–H groups in total. The number of hydrogen-bond acceptors (Lipinski definition) is 5. The molecule has 10 heteroatoms. The van der Waals surface area contributed by atoms with Crippen molar-refractivity contribution in [1.29, 1.82) is 5.41 Å². The Labute approximate surface area is 217 Å². The number of nitrogens with zero attached hydrogens (tertiary/aromatic N) is 1. The third-order valence-electron chi connectivity index (χ3n) is 5.61. The van der Waals surface area contributed by atoms with E-state index < -0.39 is 27.9 Å². The van der Waals surface area contributed by atoms with Gasteiger partial charge >= 0.3 is 0 Å². The quantitative estimate of drug-likeness (QED) is 0.212. The minimum Gasteiger partial charge on any atom is -0.384 e. The second kappa shape index (κ2) is 12.8. The predicted molar refractivity (Wildman–Crippen MR) is 143 cm³/mol. The Morgan fingerprint density at radius 3 is 2.03 bits per heavy atom. The minimum atomic E-state index is -3.84. The van der Waals surface area contributed by atoms with E-state index >= 15 is 0 Å². The summed E-state index contributed by atoms with van der Waals surface area (Å²) in [6.07, 6.45) is 0.141. The first-order valence-corrected chi connectivity index (χ1v) is 13.3. The lowest BCUT2D eigenvalue weighted by molar-refractivity contribution is -0.136. The Morgan fingerprint density at radius 2 is 1.46 bits per heavy atom. The van der Waals surface area contributed by atoms with E-state index in [2.05, 4.69) is 10.0 Å². The number of hydrogen-bond donors (Lipinski definition) is 4. The number of carbonyl (C=O) groups excluding carboxylic acids is 2. The fourth-order valence-corrected chi connectivity index (χ4v) is 5.03. The van der Waals surface area contributed by atoms with E-state index in [4.69, 9.17) is 11.1 Å². The zero-order valence-electron chi connectivity index (χ0n) is 20.6. The van der Waals surface area contributed by atoms with Gasteiger partial charge in [0.2, 0.25) is 21.8 Å².